The Morgan fingerprint density at radius 1 is 1.45 bits per heavy atom. The number of pyridine rings is 1. The molecule has 2 nitrogen and oxygen atoms in total. The topological polar surface area (TPSA) is 17.3 Å². The van der Waals surface area contributed by atoms with Crippen LogP contribution < -0.4 is 0 Å². The summed E-state index contributed by atoms with van der Waals surface area (Å²) in [7, 11) is 0. The second-order valence-corrected chi connectivity index (χ2v) is 3.32. The van der Waals surface area contributed by atoms with Crippen LogP contribution in [0, 0.1) is 6.92 Å². The molecule has 11 heavy (non-hydrogen) atoms. The van der Waals surface area contributed by atoms with Gasteiger partial charge < -0.3 is 0 Å². The van der Waals surface area contributed by atoms with E-state index in [0.29, 0.717) is 0 Å². The van der Waals surface area contributed by atoms with E-state index in [0.717, 1.165) is 10.3 Å². The van der Waals surface area contributed by atoms with Gasteiger partial charge in [0, 0.05) is 12.4 Å². The first-order chi connectivity index (χ1) is 5.27. The molecule has 0 aromatic carbocycles. The summed E-state index contributed by atoms with van der Waals surface area (Å²) >= 11 is 3.45. The van der Waals surface area contributed by atoms with Crippen molar-refractivity contribution in [2.24, 2.45) is 0 Å². The molecule has 3 heteroatoms. The Morgan fingerprint density at radius 3 is 3.09 bits per heavy atom. The van der Waals surface area contributed by atoms with E-state index in [-0.39, 0.29) is 0 Å². The molecule has 0 spiro atoms. The van der Waals surface area contributed by atoms with Gasteiger partial charge in [-0.3, -0.25) is 4.40 Å². The highest BCUT2D eigenvalue weighted by atomic mass is 79.9. The van der Waals surface area contributed by atoms with E-state index in [9.17, 15) is 0 Å². The number of hydrogen-bond donors (Lipinski definition) is 0. The Kier molecular flexibility index (Phi) is 1.46. The molecule has 0 aliphatic carbocycles. The van der Waals surface area contributed by atoms with Gasteiger partial charge in [-0.2, -0.15) is 0 Å². The summed E-state index contributed by atoms with van der Waals surface area (Å²) in [6, 6.07) is 4.11. The minimum absolute atomic E-state index is 0.983. The third-order valence-corrected chi connectivity index (χ3v) is 2.21. The third kappa shape index (κ3) is 1.05. The van der Waals surface area contributed by atoms with Crippen molar-refractivity contribution >= 4 is 21.6 Å². The summed E-state index contributed by atoms with van der Waals surface area (Å²) in [4.78, 5) is 4.17. The highest BCUT2D eigenvalue weighted by Crippen LogP contribution is 2.14. The number of imidazole rings is 1. The summed E-state index contributed by atoms with van der Waals surface area (Å²) in [5, 5.41) is 0. The van der Waals surface area contributed by atoms with Gasteiger partial charge in [-0.1, -0.05) is 0 Å². The van der Waals surface area contributed by atoms with E-state index in [1.165, 1.54) is 5.56 Å². The number of fused-ring (bicyclic) bond motifs is 1. The highest BCUT2D eigenvalue weighted by Gasteiger charge is 1.97. The van der Waals surface area contributed by atoms with Crippen LogP contribution in [0.15, 0.2) is 29.1 Å². The maximum Gasteiger partial charge on any atom is 0.137 e. The van der Waals surface area contributed by atoms with E-state index in [4.69, 9.17) is 0 Å². The summed E-state index contributed by atoms with van der Waals surface area (Å²) in [6.45, 7) is 2.06. The van der Waals surface area contributed by atoms with Gasteiger partial charge in [0.05, 0.1) is 4.60 Å². The van der Waals surface area contributed by atoms with Gasteiger partial charge in [0.15, 0.2) is 0 Å². The van der Waals surface area contributed by atoms with Crippen LogP contribution in [0.5, 0.6) is 0 Å². The molecule has 0 aliphatic rings. The van der Waals surface area contributed by atoms with Gasteiger partial charge in [0.25, 0.3) is 0 Å². The van der Waals surface area contributed by atoms with Crippen molar-refractivity contribution < 1.29 is 0 Å². The third-order valence-electron chi connectivity index (χ3n) is 1.60. The standard InChI is InChI=1S/C8H7BrN2/c1-6-4-7(9)11-3-2-10-8(11)5-6/h2-5H,1H3. The SMILES string of the molecule is Cc1cc(Br)n2ccnc2c1. The molecule has 2 aromatic rings. The fraction of sp³-hybridized carbons (Fsp3) is 0.125. The molecule has 0 fully saturated rings. The smallest absolute Gasteiger partial charge is 0.137 e. The zero-order valence-corrected chi connectivity index (χ0v) is 7.67. The Morgan fingerprint density at radius 2 is 2.27 bits per heavy atom. The molecule has 0 bridgehead atoms. The molecule has 0 N–H and O–H groups in total. The van der Waals surface area contributed by atoms with Gasteiger partial charge in [-0.05, 0) is 40.5 Å². The maximum absolute atomic E-state index is 4.17. The number of aryl methyl sites for hydroxylation is 1. The lowest BCUT2D eigenvalue weighted by molar-refractivity contribution is 1.13. The number of rotatable bonds is 0. The molecule has 0 aliphatic heterocycles. The van der Waals surface area contributed by atoms with Crippen LogP contribution in [0.4, 0.5) is 0 Å². The minimum Gasteiger partial charge on any atom is -0.294 e. The molecule has 2 heterocycles. The molecular weight excluding hydrogens is 204 g/mol. The van der Waals surface area contributed by atoms with Crippen molar-refractivity contribution in [2.45, 2.75) is 6.92 Å². The first-order valence-electron chi connectivity index (χ1n) is 3.36. The Bertz CT molecular complexity index is 392. The summed E-state index contributed by atoms with van der Waals surface area (Å²) in [5.74, 6) is 0. The molecule has 2 rings (SSSR count). The number of halogens is 1. The van der Waals surface area contributed by atoms with Crippen molar-refractivity contribution in [2.75, 3.05) is 0 Å². The number of hydrogen-bond acceptors (Lipinski definition) is 1. The van der Waals surface area contributed by atoms with Crippen LogP contribution in [0.2, 0.25) is 0 Å². The largest absolute Gasteiger partial charge is 0.294 e. The Hall–Kier alpha value is -0.830. The average molecular weight is 211 g/mol. The summed E-state index contributed by atoms with van der Waals surface area (Å²) in [6.07, 6.45) is 3.72. The Labute approximate surface area is 73.0 Å². The van der Waals surface area contributed by atoms with Crippen LogP contribution in [0.3, 0.4) is 0 Å². The van der Waals surface area contributed by atoms with E-state index < -0.39 is 0 Å². The zero-order valence-electron chi connectivity index (χ0n) is 6.08. The van der Waals surface area contributed by atoms with Crippen LogP contribution in [0.25, 0.3) is 5.65 Å². The lowest BCUT2D eigenvalue weighted by Crippen LogP contribution is -1.86. The first-order valence-corrected chi connectivity index (χ1v) is 4.16. The molecular formula is C8H7BrN2. The number of nitrogens with zero attached hydrogens (tertiary/aromatic N) is 2. The minimum atomic E-state index is 0.983. The van der Waals surface area contributed by atoms with Gasteiger partial charge in [-0.15, -0.1) is 0 Å². The van der Waals surface area contributed by atoms with Crippen molar-refractivity contribution in [3.8, 4) is 0 Å². The second-order valence-electron chi connectivity index (χ2n) is 2.51. The lowest BCUT2D eigenvalue weighted by Gasteiger charge is -1.98. The van der Waals surface area contributed by atoms with E-state index in [1.807, 2.05) is 16.7 Å². The van der Waals surface area contributed by atoms with Crippen molar-refractivity contribution in [1.82, 2.24) is 9.38 Å². The maximum atomic E-state index is 4.17. The summed E-state index contributed by atoms with van der Waals surface area (Å²) < 4.78 is 3.04. The molecule has 0 saturated heterocycles. The normalized spacial score (nSPS) is 10.7. The fourth-order valence-electron chi connectivity index (χ4n) is 1.11. The van der Waals surface area contributed by atoms with E-state index in [1.54, 1.807) is 6.20 Å². The first kappa shape index (κ1) is 6.85. The van der Waals surface area contributed by atoms with Crippen LogP contribution in [0.1, 0.15) is 5.56 Å². The van der Waals surface area contributed by atoms with Crippen molar-refractivity contribution in [1.29, 1.82) is 0 Å². The lowest BCUT2D eigenvalue weighted by atomic mass is 10.3. The monoisotopic (exact) mass is 210 g/mol. The molecule has 0 radical (unpaired) electrons. The van der Waals surface area contributed by atoms with Crippen molar-refractivity contribution in [3.63, 3.8) is 0 Å². The molecule has 2 aromatic heterocycles. The van der Waals surface area contributed by atoms with E-state index >= 15 is 0 Å². The second kappa shape index (κ2) is 2.34. The molecule has 0 saturated carbocycles. The van der Waals surface area contributed by atoms with Crippen LogP contribution >= 0.6 is 15.9 Å². The van der Waals surface area contributed by atoms with Gasteiger partial charge in [-0.25, -0.2) is 4.98 Å². The van der Waals surface area contributed by atoms with Gasteiger partial charge in [0.1, 0.15) is 5.65 Å². The molecule has 0 unspecified atom stereocenters. The molecule has 0 amide bonds. The zero-order chi connectivity index (χ0) is 7.84. The van der Waals surface area contributed by atoms with Crippen LogP contribution in [-0.4, -0.2) is 9.38 Å². The van der Waals surface area contributed by atoms with Gasteiger partial charge in [0.2, 0.25) is 0 Å². The van der Waals surface area contributed by atoms with Crippen molar-refractivity contribution in [3.05, 3.63) is 34.7 Å². The highest BCUT2D eigenvalue weighted by molar-refractivity contribution is 9.10. The quantitative estimate of drug-likeness (QED) is 0.611. The van der Waals surface area contributed by atoms with Crippen LogP contribution in [-0.2, 0) is 0 Å². The molecule has 0 atom stereocenters. The van der Waals surface area contributed by atoms with Gasteiger partial charge >= 0.3 is 0 Å². The fourth-order valence-corrected chi connectivity index (χ4v) is 1.77. The predicted octanol–water partition coefficient (Wildman–Crippen LogP) is 2.41. The predicted molar refractivity (Wildman–Crippen MR) is 47.6 cm³/mol. The van der Waals surface area contributed by atoms with E-state index in [2.05, 4.69) is 33.9 Å². The molecule has 56 valence electrons. The Balaban J connectivity index is 2.91. The summed E-state index contributed by atoms with van der Waals surface area (Å²) in [5.41, 5.74) is 2.20. The number of aromatic nitrogens is 2. The average Bonchev–Trinajstić information content (AvgIpc) is 2.34.